The minimum absolute atomic E-state index is 0.359. The molecule has 2 aliphatic carbocycles. The number of para-hydroxylation sites is 3. The molecule has 0 N–H and O–H groups in total. The van der Waals surface area contributed by atoms with Gasteiger partial charge in [0, 0.05) is 16.9 Å². The Kier molecular flexibility index (Phi) is 5.48. The molecule has 0 fully saturated rings. The van der Waals surface area contributed by atoms with Crippen LogP contribution in [0.5, 0.6) is 0 Å². The van der Waals surface area contributed by atoms with E-state index in [2.05, 4.69) is 181 Å². The Labute approximate surface area is 258 Å². The van der Waals surface area contributed by atoms with Crippen molar-refractivity contribution in [2.24, 2.45) is 0 Å². The molecule has 0 aromatic heterocycles. The summed E-state index contributed by atoms with van der Waals surface area (Å²) in [7, 11) is 0. The van der Waals surface area contributed by atoms with Crippen LogP contribution in [-0.4, -0.2) is 0 Å². The first kappa shape index (κ1) is 24.9. The first-order valence-corrected chi connectivity index (χ1v) is 15.3. The van der Waals surface area contributed by atoms with Crippen LogP contribution in [0.4, 0.5) is 17.1 Å². The van der Waals surface area contributed by atoms with Gasteiger partial charge in [-0.2, -0.15) is 0 Å². The minimum Gasteiger partial charge on any atom is -0.310 e. The molecule has 0 saturated carbocycles. The summed E-state index contributed by atoms with van der Waals surface area (Å²) in [6.07, 6.45) is 0. The molecule has 0 aliphatic heterocycles. The highest BCUT2D eigenvalue weighted by Crippen LogP contribution is 2.63. The number of hydrogen-bond acceptors (Lipinski definition) is 1. The molecule has 0 bridgehead atoms. The van der Waals surface area contributed by atoms with Gasteiger partial charge in [-0.1, -0.05) is 140 Å². The van der Waals surface area contributed by atoms with Crippen molar-refractivity contribution in [2.75, 3.05) is 4.90 Å². The number of fused-ring (bicyclic) bond motifs is 10. The van der Waals surface area contributed by atoms with E-state index >= 15 is 0 Å². The summed E-state index contributed by atoms with van der Waals surface area (Å²) in [6.45, 7) is 0. The van der Waals surface area contributed by atoms with Gasteiger partial charge in [-0.3, -0.25) is 0 Å². The Morgan fingerprint density at radius 2 is 0.727 bits per heavy atom. The third-order valence-corrected chi connectivity index (χ3v) is 9.48. The lowest BCUT2D eigenvalue weighted by atomic mass is 9.70. The highest BCUT2D eigenvalue weighted by atomic mass is 15.1. The second kappa shape index (κ2) is 9.69. The van der Waals surface area contributed by atoms with Crippen molar-refractivity contribution in [3.63, 3.8) is 0 Å². The van der Waals surface area contributed by atoms with E-state index in [-0.39, 0.29) is 5.41 Å². The molecule has 2 aliphatic rings. The maximum atomic E-state index is 2.47. The Hall–Kier alpha value is -5.66. The standard InChI is InChI=1S/C43H29N/c1-3-15-31(16-4-1)44(32-17-5-2-6-18-32)42-26-14-10-19-33(42)30-27-28-37-36-22-9-13-25-40(36)43(41(37)29-30)38-23-11-7-20-34(38)35-21-8-12-24-39(35)43/h1-29H. The van der Waals surface area contributed by atoms with Gasteiger partial charge in [0.25, 0.3) is 0 Å². The molecule has 1 nitrogen and oxygen atoms in total. The lowest BCUT2D eigenvalue weighted by Gasteiger charge is -2.31. The zero-order valence-electron chi connectivity index (χ0n) is 24.2. The van der Waals surface area contributed by atoms with E-state index in [4.69, 9.17) is 0 Å². The van der Waals surface area contributed by atoms with Gasteiger partial charge >= 0.3 is 0 Å². The molecule has 1 spiro atoms. The van der Waals surface area contributed by atoms with E-state index in [1.807, 2.05) is 0 Å². The largest absolute Gasteiger partial charge is 0.310 e. The Balaban J connectivity index is 1.32. The van der Waals surface area contributed by atoms with Crippen LogP contribution in [0.1, 0.15) is 22.3 Å². The Morgan fingerprint density at radius 1 is 0.318 bits per heavy atom. The molecule has 0 amide bonds. The molecular weight excluding hydrogens is 530 g/mol. The Morgan fingerprint density at radius 3 is 1.25 bits per heavy atom. The lowest BCUT2D eigenvalue weighted by Crippen LogP contribution is -2.25. The van der Waals surface area contributed by atoms with E-state index in [0.717, 1.165) is 17.1 Å². The van der Waals surface area contributed by atoms with Crippen LogP contribution < -0.4 is 4.90 Å². The van der Waals surface area contributed by atoms with Gasteiger partial charge in [0.15, 0.2) is 0 Å². The van der Waals surface area contributed by atoms with Crippen LogP contribution in [0.2, 0.25) is 0 Å². The normalized spacial score (nSPS) is 13.2. The quantitative estimate of drug-likeness (QED) is 0.207. The van der Waals surface area contributed by atoms with Crippen molar-refractivity contribution in [3.8, 4) is 33.4 Å². The van der Waals surface area contributed by atoms with Crippen LogP contribution in [0.25, 0.3) is 33.4 Å². The summed E-state index contributed by atoms with van der Waals surface area (Å²) in [4.78, 5) is 2.37. The van der Waals surface area contributed by atoms with Crippen molar-refractivity contribution >= 4 is 17.1 Å². The number of benzene rings is 7. The summed E-state index contributed by atoms with van der Waals surface area (Å²) < 4.78 is 0. The summed E-state index contributed by atoms with van der Waals surface area (Å²) in [5.41, 5.74) is 16.2. The predicted octanol–water partition coefficient (Wildman–Crippen LogP) is 11.2. The van der Waals surface area contributed by atoms with Crippen molar-refractivity contribution in [3.05, 3.63) is 198 Å². The van der Waals surface area contributed by atoms with Crippen molar-refractivity contribution in [1.29, 1.82) is 0 Å². The molecule has 44 heavy (non-hydrogen) atoms. The second-order valence-corrected chi connectivity index (χ2v) is 11.7. The van der Waals surface area contributed by atoms with Gasteiger partial charge in [-0.15, -0.1) is 0 Å². The SMILES string of the molecule is c1ccc(N(c2ccccc2)c2ccccc2-c2ccc3c(c2)C2(c4ccccc4-c4ccccc42)c2ccccc2-3)cc1. The molecule has 0 saturated heterocycles. The maximum absolute atomic E-state index is 2.47. The highest BCUT2D eigenvalue weighted by Gasteiger charge is 2.51. The molecular formula is C43H29N. The smallest absolute Gasteiger partial charge is 0.0725 e. The van der Waals surface area contributed by atoms with Crippen LogP contribution in [0, 0.1) is 0 Å². The zero-order chi connectivity index (χ0) is 29.1. The van der Waals surface area contributed by atoms with E-state index in [1.54, 1.807) is 0 Å². The Bertz CT molecular complexity index is 2070. The average molecular weight is 560 g/mol. The molecule has 0 unspecified atom stereocenters. The van der Waals surface area contributed by atoms with E-state index < -0.39 is 0 Å². The van der Waals surface area contributed by atoms with Gasteiger partial charge < -0.3 is 4.90 Å². The fraction of sp³-hybridized carbons (Fsp3) is 0.0233. The molecule has 0 atom stereocenters. The summed E-state index contributed by atoms with van der Waals surface area (Å²) in [5, 5.41) is 0. The van der Waals surface area contributed by atoms with Crippen molar-refractivity contribution in [1.82, 2.24) is 0 Å². The molecule has 0 radical (unpaired) electrons. The predicted molar refractivity (Wildman–Crippen MR) is 183 cm³/mol. The van der Waals surface area contributed by atoms with Gasteiger partial charge in [0.2, 0.25) is 0 Å². The fourth-order valence-electron chi connectivity index (χ4n) is 7.76. The summed E-state index contributed by atoms with van der Waals surface area (Å²) in [5.74, 6) is 0. The van der Waals surface area contributed by atoms with Gasteiger partial charge in [0.1, 0.15) is 0 Å². The number of anilines is 3. The number of hydrogen-bond donors (Lipinski definition) is 0. The molecule has 7 aromatic rings. The second-order valence-electron chi connectivity index (χ2n) is 11.7. The topological polar surface area (TPSA) is 3.24 Å². The summed E-state index contributed by atoms with van der Waals surface area (Å²) in [6, 6.07) is 64.3. The van der Waals surface area contributed by atoms with Gasteiger partial charge in [0.05, 0.1) is 11.1 Å². The van der Waals surface area contributed by atoms with E-state index in [1.165, 1.54) is 55.6 Å². The highest BCUT2D eigenvalue weighted by molar-refractivity contribution is 5.97. The van der Waals surface area contributed by atoms with Crippen LogP contribution in [0.15, 0.2) is 176 Å². The van der Waals surface area contributed by atoms with Crippen LogP contribution in [0.3, 0.4) is 0 Å². The molecule has 206 valence electrons. The third kappa shape index (κ3) is 3.41. The number of nitrogens with zero attached hydrogens (tertiary/aromatic N) is 1. The average Bonchev–Trinajstić information content (AvgIpc) is 3.57. The molecule has 9 rings (SSSR count). The van der Waals surface area contributed by atoms with Crippen LogP contribution in [-0.2, 0) is 5.41 Å². The monoisotopic (exact) mass is 559 g/mol. The van der Waals surface area contributed by atoms with Gasteiger partial charge in [-0.25, -0.2) is 0 Å². The molecule has 0 heterocycles. The van der Waals surface area contributed by atoms with Crippen molar-refractivity contribution < 1.29 is 0 Å². The van der Waals surface area contributed by atoms with Crippen molar-refractivity contribution in [2.45, 2.75) is 5.41 Å². The van der Waals surface area contributed by atoms with Gasteiger partial charge in [-0.05, 0) is 86.5 Å². The van der Waals surface area contributed by atoms with E-state index in [9.17, 15) is 0 Å². The fourth-order valence-corrected chi connectivity index (χ4v) is 7.76. The molecule has 7 aromatic carbocycles. The molecule has 1 heteroatoms. The number of rotatable bonds is 4. The summed E-state index contributed by atoms with van der Waals surface area (Å²) >= 11 is 0. The first-order chi connectivity index (χ1) is 21.9. The maximum Gasteiger partial charge on any atom is 0.0725 e. The first-order valence-electron chi connectivity index (χ1n) is 15.3. The minimum atomic E-state index is -0.359. The third-order valence-electron chi connectivity index (χ3n) is 9.48. The zero-order valence-corrected chi connectivity index (χ0v) is 24.2. The van der Waals surface area contributed by atoms with E-state index in [0.29, 0.717) is 0 Å². The van der Waals surface area contributed by atoms with Crippen LogP contribution >= 0.6 is 0 Å². The lowest BCUT2D eigenvalue weighted by molar-refractivity contribution is 0.794.